The molecule has 0 fully saturated rings. The predicted molar refractivity (Wildman–Crippen MR) is 135 cm³/mol. The summed E-state index contributed by atoms with van der Waals surface area (Å²) in [6.07, 6.45) is -3.11. The molecule has 2 aromatic heterocycles. The molecule has 0 bridgehead atoms. The maximum Gasteiger partial charge on any atom is 0.449 e. The van der Waals surface area contributed by atoms with Crippen LogP contribution >= 0.6 is 0 Å². The molecule has 12 heteroatoms. The predicted octanol–water partition coefficient (Wildman–Crippen LogP) is 4.70. The van der Waals surface area contributed by atoms with Gasteiger partial charge in [0.1, 0.15) is 0 Å². The van der Waals surface area contributed by atoms with Crippen LogP contribution in [0.15, 0.2) is 71.8 Å². The van der Waals surface area contributed by atoms with Gasteiger partial charge < -0.3 is 9.88 Å². The Morgan fingerprint density at radius 1 is 1.08 bits per heavy atom. The molecule has 5 aromatic rings. The first kappa shape index (κ1) is 25.5. The molecule has 0 aliphatic heterocycles. The fourth-order valence-electron chi connectivity index (χ4n) is 4.25. The molecule has 3 aromatic carbocycles. The molecule has 0 saturated heterocycles. The summed E-state index contributed by atoms with van der Waals surface area (Å²) in [5.41, 5.74) is 2.35. The van der Waals surface area contributed by atoms with Crippen LogP contribution in [0.5, 0.6) is 0 Å². The van der Waals surface area contributed by atoms with Crippen LogP contribution in [0.2, 0.25) is 0 Å². The van der Waals surface area contributed by atoms with Gasteiger partial charge in [-0.05, 0) is 41.5 Å². The van der Waals surface area contributed by atoms with Crippen LogP contribution in [0, 0.1) is 0 Å². The van der Waals surface area contributed by atoms with Crippen molar-refractivity contribution in [3.63, 3.8) is 0 Å². The number of alkyl halides is 3. The summed E-state index contributed by atoms with van der Waals surface area (Å²) < 4.78 is 66.7. The van der Waals surface area contributed by atoms with Crippen molar-refractivity contribution in [1.82, 2.24) is 25.1 Å². The number of hydrogen-bond donors (Lipinski definition) is 2. The zero-order valence-corrected chi connectivity index (χ0v) is 20.9. The first-order chi connectivity index (χ1) is 18.1. The third-order valence-corrected chi connectivity index (χ3v) is 8.02. The highest BCUT2D eigenvalue weighted by molar-refractivity contribution is 7.91. The summed E-state index contributed by atoms with van der Waals surface area (Å²) in [6.45, 7) is 1.57. The van der Waals surface area contributed by atoms with Crippen LogP contribution in [-0.4, -0.2) is 39.8 Å². The van der Waals surface area contributed by atoms with Crippen molar-refractivity contribution in [3.8, 4) is 0 Å². The van der Waals surface area contributed by atoms with E-state index < -0.39 is 27.7 Å². The van der Waals surface area contributed by atoms with Crippen LogP contribution in [0.1, 0.15) is 34.2 Å². The smallest absolute Gasteiger partial charge is 0.348 e. The van der Waals surface area contributed by atoms with Crippen molar-refractivity contribution in [2.45, 2.75) is 31.1 Å². The number of para-hydroxylation sites is 1. The number of sulfone groups is 1. The maximum atomic E-state index is 13.9. The number of rotatable bonds is 7. The van der Waals surface area contributed by atoms with Crippen LogP contribution < -0.4 is 5.32 Å². The van der Waals surface area contributed by atoms with E-state index in [4.69, 9.17) is 0 Å². The second-order valence-electron chi connectivity index (χ2n) is 8.70. The van der Waals surface area contributed by atoms with Gasteiger partial charge in [-0.1, -0.05) is 37.3 Å². The topological polar surface area (TPSA) is 110 Å². The lowest BCUT2D eigenvalue weighted by Crippen LogP contribution is -2.22. The molecule has 0 saturated carbocycles. The molecular formula is C26H22F3N5O3S. The van der Waals surface area contributed by atoms with E-state index in [0.717, 1.165) is 9.95 Å². The lowest BCUT2D eigenvalue weighted by Gasteiger charge is -2.12. The van der Waals surface area contributed by atoms with E-state index in [1.54, 1.807) is 37.4 Å². The van der Waals surface area contributed by atoms with Crippen molar-refractivity contribution in [2.75, 3.05) is 5.75 Å². The average molecular weight is 542 g/mol. The highest BCUT2D eigenvalue weighted by Gasteiger charge is 2.37. The van der Waals surface area contributed by atoms with Crippen molar-refractivity contribution in [2.24, 2.45) is 0 Å². The van der Waals surface area contributed by atoms with Gasteiger partial charge in [0.15, 0.2) is 9.84 Å². The van der Waals surface area contributed by atoms with Crippen molar-refractivity contribution < 1.29 is 26.4 Å². The van der Waals surface area contributed by atoms with Gasteiger partial charge in [-0.3, -0.25) is 9.89 Å². The lowest BCUT2D eigenvalue weighted by atomic mass is 10.1. The first-order valence-electron chi connectivity index (χ1n) is 11.6. The number of aromatic nitrogens is 4. The fourth-order valence-corrected chi connectivity index (χ4v) is 5.13. The van der Waals surface area contributed by atoms with Gasteiger partial charge in [0, 0.05) is 17.5 Å². The molecule has 2 N–H and O–H groups in total. The van der Waals surface area contributed by atoms with Crippen LogP contribution in [0.25, 0.3) is 21.9 Å². The number of fused-ring (bicyclic) bond motifs is 2. The standard InChI is InChI=1S/C26H22F3N5O3S/c1-2-38(36,37)20-9-6-16(7-10-20)13-30-24(35)17-8-11-22-21(12-17)32-25(26(27,28)29)34(22)15-19-5-3-4-18-14-31-33-23(18)19/h3-12,14H,2,13,15H2,1H3,(H,30,35)(H,31,33). The zero-order valence-electron chi connectivity index (χ0n) is 20.1. The molecule has 0 unspecified atom stereocenters. The minimum Gasteiger partial charge on any atom is -0.348 e. The number of aromatic amines is 1. The monoisotopic (exact) mass is 541 g/mol. The van der Waals surface area contributed by atoms with Gasteiger partial charge in [-0.25, -0.2) is 13.4 Å². The molecule has 5 rings (SSSR count). The highest BCUT2D eigenvalue weighted by atomic mass is 32.2. The quantitative estimate of drug-likeness (QED) is 0.310. The number of amides is 1. The lowest BCUT2D eigenvalue weighted by molar-refractivity contribution is -0.146. The number of carbonyl (C=O) groups excluding carboxylic acids is 1. The van der Waals surface area contributed by atoms with Gasteiger partial charge in [-0.15, -0.1) is 0 Å². The minimum absolute atomic E-state index is 0.0176. The van der Waals surface area contributed by atoms with Crippen molar-refractivity contribution in [3.05, 3.63) is 89.4 Å². The molecule has 1 amide bonds. The number of H-pyrrole nitrogens is 1. The Morgan fingerprint density at radius 2 is 1.84 bits per heavy atom. The number of nitrogens with zero attached hydrogens (tertiary/aromatic N) is 3. The van der Waals surface area contributed by atoms with E-state index in [-0.39, 0.29) is 40.3 Å². The molecule has 0 radical (unpaired) electrons. The summed E-state index contributed by atoms with van der Waals surface area (Å²) in [6, 6.07) is 15.6. The third kappa shape index (κ3) is 4.86. The number of carbonyl (C=O) groups is 1. The summed E-state index contributed by atoms with van der Waals surface area (Å²) in [4.78, 5) is 16.8. The fraction of sp³-hybridized carbons (Fsp3) is 0.192. The number of halogens is 3. The molecule has 8 nitrogen and oxygen atoms in total. The van der Waals surface area contributed by atoms with Gasteiger partial charge in [0.05, 0.1) is 39.9 Å². The molecular weight excluding hydrogens is 519 g/mol. The Morgan fingerprint density at radius 3 is 2.55 bits per heavy atom. The van der Waals surface area contributed by atoms with E-state index in [2.05, 4.69) is 20.5 Å². The first-order valence-corrected chi connectivity index (χ1v) is 13.3. The summed E-state index contributed by atoms with van der Waals surface area (Å²) in [5.74, 6) is -1.58. The van der Waals surface area contributed by atoms with Crippen molar-refractivity contribution >= 4 is 37.7 Å². The maximum absolute atomic E-state index is 13.9. The van der Waals surface area contributed by atoms with Gasteiger partial charge in [0.25, 0.3) is 5.91 Å². The second kappa shape index (κ2) is 9.60. The molecule has 0 spiro atoms. The van der Waals surface area contributed by atoms with E-state index >= 15 is 0 Å². The largest absolute Gasteiger partial charge is 0.449 e. The Balaban J connectivity index is 1.40. The van der Waals surface area contributed by atoms with Crippen LogP contribution in [0.3, 0.4) is 0 Å². The van der Waals surface area contributed by atoms with E-state index in [1.807, 2.05) is 6.07 Å². The summed E-state index contributed by atoms with van der Waals surface area (Å²) >= 11 is 0. The Bertz CT molecular complexity index is 1760. The SMILES string of the molecule is CCS(=O)(=O)c1ccc(CNC(=O)c2ccc3c(c2)nc(C(F)(F)F)n3Cc2cccc3cn[nH]c23)cc1. The second-order valence-corrected chi connectivity index (χ2v) is 11.0. The Labute approximate surface area is 215 Å². The zero-order chi connectivity index (χ0) is 27.1. The Kier molecular flexibility index (Phi) is 6.43. The van der Waals surface area contributed by atoms with E-state index in [9.17, 15) is 26.4 Å². The van der Waals surface area contributed by atoms with Gasteiger partial charge in [0.2, 0.25) is 5.82 Å². The van der Waals surface area contributed by atoms with Crippen LogP contribution in [-0.2, 0) is 29.1 Å². The average Bonchev–Trinajstić information content (AvgIpc) is 3.53. The number of benzene rings is 3. The van der Waals surface area contributed by atoms with E-state index in [0.29, 0.717) is 16.6 Å². The highest BCUT2D eigenvalue weighted by Crippen LogP contribution is 2.33. The normalized spacial score (nSPS) is 12.3. The van der Waals surface area contributed by atoms with E-state index in [1.165, 1.54) is 30.3 Å². The molecule has 0 aliphatic carbocycles. The van der Waals surface area contributed by atoms with Crippen molar-refractivity contribution in [1.29, 1.82) is 0 Å². The van der Waals surface area contributed by atoms with Gasteiger partial charge in [-0.2, -0.15) is 18.3 Å². The number of nitrogens with one attached hydrogen (secondary N) is 2. The Hall–Kier alpha value is -4.19. The summed E-state index contributed by atoms with van der Waals surface area (Å²) in [5, 5.41) is 10.3. The molecule has 196 valence electrons. The number of imidazole rings is 1. The molecule has 2 heterocycles. The summed E-state index contributed by atoms with van der Waals surface area (Å²) in [7, 11) is -3.33. The molecule has 0 atom stereocenters. The molecule has 0 aliphatic rings. The molecule has 38 heavy (non-hydrogen) atoms. The number of hydrogen-bond acceptors (Lipinski definition) is 5. The van der Waals surface area contributed by atoms with Gasteiger partial charge >= 0.3 is 6.18 Å². The minimum atomic E-state index is -4.71. The third-order valence-electron chi connectivity index (χ3n) is 6.27. The van der Waals surface area contributed by atoms with Crippen LogP contribution in [0.4, 0.5) is 13.2 Å².